The van der Waals surface area contributed by atoms with Gasteiger partial charge in [0.1, 0.15) is 11.6 Å². The molecule has 9 heteroatoms. The summed E-state index contributed by atoms with van der Waals surface area (Å²) in [6, 6.07) is 10.2. The van der Waals surface area contributed by atoms with Gasteiger partial charge in [0.05, 0.1) is 22.9 Å². The van der Waals surface area contributed by atoms with Crippen molar-refractivity contribution < 1.29 is 22.3 Å². The number of carbonyl (C=O) groups excluding carboxylic acids is 1. The summed E-state index contributed by atoms with van der Waals surface area (Å²) in [5, 5.41) is 3.01. The molecule has 29 heavy (non-hydrogen) atoms. The molecule has 6 nitrogen and oxygen atoms in total. The van der Waals surface area contributed by atoms with Gasteiger partial charge in [-0.1, -0.05) is 23.7 Å². The van der Waals surface area contributed by atoms with Crippen molar-refractivity contribution in [1.82, 2.24) is 9.62 Å². The maximum atomic E-state index is 13.0. The van der Waals surface area contributed by atoms with Gasteiger partial charge < -0.3 is 10.1 Å². The minimum atomic E-state index is -3.78. The molecule has 1 amide bonds. The molecule has 1 atom stereocenters. The van der Waals surface area contributed by atoms with Crippen LogP contribution in [0.1, 0.15) is 18.4 Å². The van der Waals surface area contributed by atoms with E-state index in [-0.39, 0.29) is 34.7 Å². The first-order valence-corrected chi connectivity index (χ1v) is 11.0. The van der Waals surface area contributed by atoms with Gasteiger partial charge in [0, 0.05) is 19.6 Å². The van der Waals surface area contributed by atoms with Crippen LogP contribution in [0.4, 0.5) is 4.39 Å². The highest BCUT2D eigenvalue weighted by Gasteiger charge is 2.33. The summed E-state index contributed by atoms with van der Waals surface area (Å²) in [6.45, 7) is 0.700. The van der Waals surface area contributed by atoms with Gasteiger partial charge in [0.2, 0.25) is 15.9 Å². The first kappa shape index (κ1) is 21.5. The summed E-state index contributed by atoms with van der Waals surface area (Å²) in [5.41, 5.74) is 0.771. The van der Waals surface area contributed by atoms with Gasteiger partial charge in [-0.25, -0.2) is 12.8 Å². The first-order chi connectivity index (χ1) is 13.8. The molecule has 0 aliphatic carbocycles. The van der Waals surface area contributed by atoms with E-state index in [4.69, 9.17) is 16.3 Å². The Morgan fingerprint density at radius 1 is 1.28 bits per heavy atom. The summed E-state index contributed by atoms with van der Waals surface area (Å²) < 4.78 is 45.3. The SMILES string of the molecule is COc1ccc(S(=O)(=O)N2CCCC(C(=O)NCc3ccc(F)cc3)C2)cc1Cl. The first-order valence-electron chi connectivity index (χ1n) is 9.17. The number of nitrogens with zero attached hydrogens (tertiary/aromatic N) is 1. The van der Waals surface area contributed by atoms with Gasteiger partial charge in [-0.05, 0) is 48.7 Å². The van der Waals surface area contributed by atoms with Gasteiger partial charge in [-0.3, -0.25) is 4.79 Å². The Hall–Kier alpha value is -2.16. The number of sulfonamides is 1. The lowest BCUT2D eigenvalue weighted by molar-refractivity contribution is -0.126. The predicted octanol–water partition coefficient (Wildman–Crippen LogP) is 3.20. The zero-order valence-electron chi connectivity index (χ0n) is 15.9. The lowest BCUT2D eigenvalue weighted by Gasteiger charge is -2.31. The molecule has 2 aromatic rings. The van der Waals surface area contributed by atoms with Crippen molar-refractivity contribution in [3.8, 4) is 5.75 Å². The molecule has 0 spiro atoms. The van der Waals surface area contributed by atoms with Gasteiger partial charge >= 0.3 is 0 Å². The average Bonchev–Trinajstić information content (AvgIpc) is 2.73. The van der Waals surface area contributed by atoms with E-state index in [1.807, 2.05) is 0 Å². The third-order valence-corrected chi connectivity index (χ3v) is 7.05. The lowest BCUT2D eigenvalue weighted by Crippen LogP contribution is -2.45. The molecule has 156 valence electrons. The van der Waals surface area contributed by atoms with Crippen molar-refractivity contribution in [2.75, 3.05) is 20.2 Å². The van der Waals surface area contributed by atoms with Crippen molar-refractivity contribution in [2.45, 2.75) is 24.3 Å². The Morgan fingerprint density at radius 3 is 2.66 bits per heavy atom. The van der Waals surface area contributed by atoms with Crippen LogP contribution in [-0.2, 0) is 21.4 Å². The number of hydrogen-bond donors (Lipinski definition) is 1. The van der Waals surface area contributed by atoms with Crippen molar-refractivity contribution in [2.24, 2.45) is 5.92 Å². The van der Waals surface area contributed by atoms with E-state index in [1.54, 1.807) is 12.1 Å². The number of rotatable bonds is 6. The van der Waals surface area contributed by atoms with Gasteiger partial charge in [0.15, 0.2) is 0 Å². The van der Waals surface area contributed by atoms with Gasteiger partial charge in [-0.15, -0.1) is 0 Å². The summed E-state index contributed by atoms with van der Waals surface area (Å²) in [5.74, 6) is -0.621. The van der Waals surface area contributed by atoms with Crippen molar-refractivity contribution >= 4 is 27.5 Å². The van der Waals surface area contributed by atoms with Crippen LogP contribution in [0.25, 0.3) is 0 Å². The van der Waals surface area contributed by atoms with Crippen LogP contribution in [0.15, 0.2) is 47.4 Å². The third-order valence-electron chi connectivity index (χ3n) is 4.90. The minimum Gasteiger partial charge on any atom is -0.495 e. The number of hydrogen-bond acceptors (Lipinski definition) is 4. The molecule has 1 unspecified atom stereocenters. The van der Waals surface area contributed by atoms with Crippen molar-refractivity contribution in [3.05, 3.63) is 58.9 Å². The van der Waals surface area contributed by atoms with E-state index in [9.17, 15) is 17.6 Å². The molecule has 0 bridgehead atoms. The second-order valence-electron chi connectivity index (χ2n) is 6.84. The number of methoxy groups -OCH3 is 1. The quantitative estimate of drug-likeness (QED) is 0.748. The van der Waals surface area contributed by atoms with Crippen LogP contribution in [0, 0.1) is 11.7 Å². The molecular formula is C20H22ClFN2O4S. The van der Waals surface area contributed by atoms with E-state index >= 15 is 0 Å². The normalized spacial score (nSPS) is 17.7. The van der Waals surface area contributed by atoms with E-state index in [0.29, 0.717) is 25.1 Å². The largest absolute Gasteiger partial charge is 0.495 e. The smallest absolute Gasteiger partial charge is 0.243 e. The van der Waals surface area contributed by atoms with E-state index in [1.165, 1.54) is 41.7 Å². The minimum absolute atomic E-state index is 0.0654. The number of nitrogens with one attached hydrogen (secondary N) is 1. The molecule has 3 rings (SSSR count). The Bertz CT molecular complexity index is 982. The molecule has 2 aromatic carbocycles. The number of piperidine rings is 1. The Balaban J connectivity index is 1.66. The van der Waals surface area contributed by atoms with E-state index < -0.39 is 15.9 Å². The highest BCUT2D eigenvalue weighted by atomic mass is 35.5. The summed E-state index contributed by atoms with van der Waals surface area (Å²) >= 11 is 6.07. The third kappa shape index (κ3) is 5.07. The molecule has 1 fully saturated rings. The maximum Gasteiger partial charge on any atom is 0.243 e. The Morgan fingerprint density at radius 2 is 2.00 bits per heavy atom. The fourth-order valence-corrected chi connectivity index (χ4v) is 5.14. The molecular weight excluding hydrogens is 419 g/mol. The second-order valence-corrected chi connectivity index (χ2v) is 9.19. The molecule has 0 radical (unpaired) electrons. The highest BCUT2D eigenvalue weighted by molar-refractivity contribution is 7.89. The average molecular weight is 441 g/mol. The highest BCUT2D eigenvalue weighted by Crippen LogP contribution is 2.30. The topological polar surface area (TPSA) is 75.7 Å². The van der Waals surface area contributed by atoms with E-state index in [2.05, 4.69) is 5.32 Å². The molecule has 0 aromatic heterocycles. The standard InChI is InChI=1S/C20H22ClFN2O4S/c1-28-19-9-8-17(11-18(19)21)29(26,27)24-10-2-3-15(13-24)20(25)23-12-14-4-6-16(22)7-5-14/h4-9,11,15H,2-3,10,12-13H2,1H3,(H,23,25). The monoisotopic (exact) mass is 440 g/mol. The lowest BCUT2D eigenvalue weighted by atomic mass is 9.99. The Kier molecular flexibility index (Phi) is 6.77. The fourth-order valence-electron chi connectivity index (χ4n) is 3.27. The van der Waals surface area contributed by atoms with Gasteiger partial charge in [0.25, 0.3) is 0 Å². The predicted molar refractivity (Wildman–Crippen MR) is 108 cm³/mol. The van der Waals surface area contributed by atoms with Crippen LogP contribution in [0.2, 0.25) is 5.02 Å². The van der Waals surface area contributed by atoms with Gasteiger partial charge in [-0.2, -0.15) is 4.31 Å². The van der Waals surface area contributed by atoms with Crippen LogP contribution in [-0.4, -0.2) is 38.8 Å². The fraction of sp³-hybridized carbons (Fsp3) is 0.350. The molecule has 1 aliphatic heterocycles. The van der Waals surface area contributed by atoms with Crippen LogP contribution >= 0.6 is 11.6 Å². The number of amides is 1. The molecule has 0 saturated carbocycles. The van der Waals surface area contributed by atoms with Crippen LogP contribution in [0.3, 0.4) is 0 Å². The Labute approximate surface area is 174 Å². The summed E-state index contributed by atoms with van der Waals surface area (Å²) in [4.78, 5) is 12.6. The number of halogens is 2. The van der Waals surface area contributed by atoms with E-state index in [0.717, 1.165) is 5.56 Å². The zero-order valence-corrected chi connectivity index (χ0v) is 17.5. The van der Waals surface area contributed by atoms with Crippen LogP contribution < -0.4 is 10.1 Å². The number of ether oxygens (including phenoxy) is 1. The molecule has 1 heterocycles. The van der Waals surface area contributed by atoms with Crippen molar-refractivity contribution in [3.63, 3.8) is 0 Å². The molecule has 1 saturated heterocycles. The number of carbonyl (C=O) groups is 1. The summed E-state index contributed by atoms with van der Waals surface area (Å²) in [6.07, 6.45) is 1.18. The zero-order chi connectivity index (χ0) is 21.0. The van der Waals surface area contributed by atoms with Crippen molar-refractivity contribution in [1.29, 1.82) is 0 Å². The van der Waals surface area contributed by atoms with Crippen LogP contribution in [0.5, 0.6) is 5.75 Å². The molecule has 1 aliphatic rings. The second kappa shape index (κ2) is 9.11. The summed E-state index contributed by atoms with van der Waals surface area (Å²) in [7, 11) is -2.32. The number of benzene rings is 2. The molecule has 1 N–H and O–H groups in total. The maximum absolute atomic E-state index is 13.0.